The molecule has 1 fully saturated rings. The average Bonchev–Trinajstić information content (AvgIpc) is 3.05. The third kappa shape index (κ3) is 3.35. The van der Waals surface area contributed by atoms with Crippen molar-refractivity contribution in [2.75, 3.05) is 19.6 Å². The van der Waals surface area contributed by atoms with Crippen molar-refractivity contribution in [3.05, 3.63) is 24.2 Å². The Morgan fingerprint density at radius 2 is 2.42 bits per heavy atom. The highest BCUT2D eigenvalue weighted by Crippen LogP contribution is 2.19. The van der Waals surface area contributed by atoms with E-state index in [2.05, 4.69) is 5.32 Å². The summed E-state index contributed by atoms with van der Waals surface area (Å²) in [6.45, 7) is 2.86. The Morgan fingerprint density at radius 1 is 1.63 bits per heavy atom. The van der Waals surface area contributed by atoms with Gasteiger partial charge in [0.05, 0.1) is 18.9 Å². The maximum absolute atomic E-state index is 11.9. The van der Waals surface area contributed by atoms with E-state index in [0.717, 1.165) is 6.42 Å². The first-order valence-corrected chi connectivity index (χ1v) is 6.35. The van der Waals surface area contributed by atoms with Crippen molar-refractivity contribution in [1.82, 2.24) is 10.2 Å². The summed E-state index contributed by atoms with van der Waals surface area (Å²) in [4.78, 5) is 25.1. The Morgan fingerprint density at radius 3 is 3.00 bits per heavy atom. The molecule has 0 spiro atoms. The van der Waals surface area contributed by atoms with Crippen molar-refractivity contribution >= 4 is 11.8 Å². The Balaban J connectivity index is 1.78. The Hall–Kier alpha value is -1.82. The third-order valence-electron chi connectivity index (χ3n) is 3.40. The van der Waals surface area contributed by atoms with Crippen molar-refractivity contribution in [2.24, 2.45) is 5.92 Å². The number of likely N-dealkylation sites (tertiary alicyclic amines) is 1. The summed E-state index contributed by atoms with van der Waals surface area (Å²) in [5, 5.41) is 12.0. The molecule has 6 heteroatoms. The molecule has 1 saturated heterocycles. The fourth-order valence-electron chi connectivity index (χ4n) is 2.17. The van der Waals surface area contributed by atoms with Crippen molar-refractivity contribution in [3.8, 4) is 0 Å². The number of hydrogen-bond acceptors (Lipinski definition) is 4. The van der Waals surface area contributed by atoms with Crippen LogP contribution in [0.25, 0.3) is 0 Å². The molecule has 1 aromatic rings. The molecule has 104 valence electrons. The summed E-state index contributed by atoms with van der Waals surface area (Å²) in [5.74, 6) is -0.214. The summed E-state index contributed by atoms with van der Waals surface area (Å²) < 4.78 is 4.93. The molecule has 1 aliphatic heterocycles. The van der Waals surface area contributed by atoms with Gasteiger partial charge in [-0.05, 0) is 25.5 Å². The van der Waals surface area contributed by atoms with Crippen LogP contribution in [-0.4, -0.2) is 47.6 Å². The van der Waals surface area contributed by atoms with Gasteiger partial charge in [-0.1, -0.05) is 0 Å². The van der Waals surface area contributed by atoms with Gasteiger partial charge in [-0.15, -0.1) is 0 Å². The molecule has 2 N–H and O–H groups in total. The molecule has 0 aromatic carbocycles. The summed E-state index contributed by atoms with van der Waals surface area (Å²) in [7, 11) is 0. The van der Waals surface area contributed by atoms with E-state index in [0.29, 0.717) is 13.1 Å². The quantitative estimate of drug-likeness (QED) is 0.817. The molecule has 0 radical (unpaired) electrons. The number of hydrogen-bond donors (Lipinski definition) is 2. The fraction of sp³-hybridized carbons (Fsp3) is 0.538. The molecule has 2 rings (SSSR count). The second kappa shape index (κ2) is 5.88. The molecular formula is C13H18N2O4. The number of aliphatic hydroxyl groups excluding tert-OH is 1. The number of nitrogens with zero attached hydrogens (tertiary/aromatic N) is 1. The van der Waals surface area contributed by atoms with E-state index in [1.54, 1.807) is 24.0 Å². The van der Waals surface area contributed by atoms with E-state index in [-0.39, 0.29) is 24.1 Å². The zero-order valence-electron chi connectivity index (χ0n) is 10.8. The Kier molecular flexibility index (Phi) is 4.21. The first-order valence-electron chi connectivity index (χ1n) is 6.35. The molecule has 2 amide bonds. The largest absolute Gasteiger partial charge is 0.459 e. The number of rotatable bonds is 4. The summed E-state index contributed by atoms with van der Waals surface area (Å²) in [6, 6.07) is 3.16. The first kappa shape index (κ1) is 13.6. The van der Waals surface area contributed by atoms with Crippen molar-refractivity contribution in [1.29, 1.82) is 0 Å². The summed E-state index contributed by atoms with van der Waals surface area (Å²) in [5.41, 5.74) is 0. The van der Waals surface area contributed by atoms with Crippen LogP contribution >= 0.6 is 0 Å². The molecule has 0 bridgehead atoms. The molecule has 0 saturated carbocycles. The van der Waals surface area contributed by atoms with Gasteiger partial charge in [0.2, 0.25) is 5.91 Å². The van der Waals surface area contributed by atoms with Crippen molar-refractivity contribution < 1.29 is 19.1 Å². The normalized spacial score (nSPS) is 20.3. The van der Waals surface area contributed by atoms with Crippen LogP contribution in [0.2, 0.25) is 0 Å². The minimum atomic E-state index is -0.407. The van der Waals surface area contributed by atoms with Gasteiger partial charge in [-0.2, -0.15) is 0 Å². The van der Waals surface area contributed by atoms with E-state index in [1.807, 2.05) is 0 Å². The van der Waals surface area contributed by atoms with Crippen LogP contribution in [0, 0.1) is 5.92 Å². The number of aliphatic hydroxyl groups is 1. The summed E-state index contributed by atoms with van der Waals surface area (Å²) in [6.07, 6.45) is 1.80. The Labute approximate surface area is 111 Å². The predicted octanol–water partition coefficient (Wildman–Crippen LogP) is 0.239. The van der Waals surface area contributed by atoms with Gasteiger partial charge in [-0.25, -0.2) is 0 Å². The number of carbonyl (C=O) groups is 2. The molecule has 6 nitrogen and oxygen atoms in total. The van der Waals surface area contributed by atoms with E-state index >= 15 is 0 Å². The van der Waals surface area contributed by atoms with Crippen molar-refractivity contribution in [3.63, 3.8) is 0 Å². The van der Waals surface area contributed by atoms with Crippen LogP contribution < -0.4 is 5.32 Å². The van der Waals surface area contributed by atoms with Crippen LogP contribution in [0.15, 0.2) is 22.8 Å². The molecule has 19 heavy (non-hydrogen) atoms. The van der Waals surface area contributed by atoms with Crippen LogP contribution in [0.1, 0.15) is 23.9 Å². The lowest BCUT2D eigenvalue weighted by Crippen LogP contribution is -2.39. The number of amides is 2. The van der Waals surface area contributed by atoms with E-state index in [1.165, 1.54) is 6.26 Å². The second-order valence-electron chi connectivity index (χ2n) is 4.79. The van der Waals surface area contributed by atoms with Crippen molar-refractivity contribution in [2.45, 2.75) is 19.4 Å². The average molecular weight is 266 g/mol. The van der Waals surface area contributed by atoms with Gasteiger partial charge >= 0.3 is 0 Å². The highest BCUT2D eigenvalue weighted by atomic mass is 16.3. The molecule has 1 aromatic heterocycles. The maximum atomic E-state index is 11.9. The molecule has 0 aliphatic carbocycles. The van der Waals surface area contributed by atoms with Gasteiger partial charge in [0, 0.05) is 19.0 Å². The molecule has 2 unspecified atom stereocenters. The van der Waals surface area contributed by atoms with Gasteiger partial charge < -0.3 is 19.7 Å². The molecule has 2 atom stereocenters. The monoisotopic (exact) mass is 266 g/mol. The summed E-state index contributed by atoms with van der Waals surface area (Å²) >= 11 is 0. The topological polar surface area (TPSA) is 82.8 Å². The Bertz CT molecular complexity index is 442. The van der Waals surface area contributed by atoms with Gasteiger partial charge in [-0.3, -0.25) is 9.59 Å². The maximum Gasteiger partial charge on any atom is 0.287 e. The fourth-order valence-corrected chi connectivity index (χ4v) is 2.17. The lowest BCUT2D eigenvalue weighted by molar-refractivity contribution is -0.129. The van der Waals surface area contributed by atoms with Gasteiger partial charge in [0.1, 0.15) is 0 Å². The van der Waals surface area contributed by atoms with Crippen LogP contribution in [-0.2, 0) is 4.79 Å². The first-order chi connectivity index (χ1) is 9.08. The minimum absolute atomic E-state index is 0.0495. The van der Waals surface area contributed by atoms with Crippen LogP contribution in [0.5, 0.6) is 0 Å². The predicted molar refractivity (Wildman–Crippen MR) is 67.4 cm³/mol. The smallest absolute Gasteiger partial charge is 0.287 e. The number of carbonyl (C=O) groups excluding carboxylic acids is 2. The van der Waals surface area contributed by atoms with E-state index < -0.39 is 12.0 Å². The number of furan rings is 1. The zero-order chi connectivity index (χ0) is 13.8. The highest BCUT2D eigenvalue weighted by Gasteiger charge is 2.29. The second-order valence-corrected chi connectivity index (χ2v) is 4.79. The molecular weight excluding hydrogens is 248 g/mol. The standard InChI is InChI=1S/C13H18N2O4/c1-9(16)10-4-5-15(8-10)12(17)7-14-13(18)11-3-2-6-19-11/h2-3,6,9-10,16H,4-5,7-8H2,1H3,(H,14,18). The SMILES string of the molecule is CC(O)C1CCN(C(=O)CNC(=O)c2ccco2)C1. The third-order valence-corrected chi connectivity index (χ3v) is 3.40. The van der Waals surface area contributed by atoms with E-state index in [4.69, 9.17) is 4.42 Å². The molecule has 2 heterocycles. The van der Waals surface area contributed by atoms with Crippen LogP contribution in [0.3, 0.4) is 0 Å². The zero-order valence-corrected chi connectivity index (χ0v) is 10.8. The van der Waals surface area contributed by atoms with Gasteiger partial charge in [0.25, 0.3) is 5.91 Å². The molecule has 1 aliphatic rings. The lowest BCUT2D eigenvalue weighted by Gasteiger charge is -2.17. The lowest BCUT2D eigenvalue weighted by atomic mass is 10.0. The van der Waals surface area contributed by atoms with Crippen LogP contribution in [0.4, 0.5) is 0 Å². The highest BCUT2D eigenvalue weighted by molar-refractivity contribution is 5.94. The van der Waals surface area contributed by atoms with Gasteiger partial charge in [0.15, 0.2) is 5.76 Å². The number of nitrogens with one attached hydrogen (secondary N) is 1. The minimum Gasteiger partial charge on any atom is -0.459 e. The van der Waals surface area contributed by atoms with E-state index in [9.17, 15) is 14.7 Å².